The molecule has 29 heavy (non-hydrogen) atoms. The smallest absolute Gasteiger partial charge is 0.273 e. The molecule has 1 fully saturated rings. The highest BCUT2D eigenvalue weighted by molar-refractivity contribution is 9.10. The van der Waals surface area contributed by atoms with Gasteiger partial charge in [-0.15, -0.1) is 0 Å². The van der Waals surface area contributed by atoms with E-state index in [2.05, 4.69) is 74.3 Å². The SMILES string of the molecule is Cc1ccc(-c2n[nH]c3c2C(c2cccc(Br)c2)N(C2CCCCC2)C3=O)cc1. The van der Waals surface area contributed by atoms with Gasteiger partial charge in [0.15, 0.2) is 0 Å². The van der Waals surface area contributed by atoms with E-state index in [1.807, 2.05) is 12.1 Å². The number of hydrogen-bond acceptors (Lipinski definition) is 2. The minimum absolute atomic E-state index is 0.0859. The first kappa shape index (κ1) is 18.6. The van der Waals surface area contributed by atoms with Gasteiger partial charge in [0.25, 0.3) is 5.91 Å². The Bertz CT molecular complexity index is 1050. The fourth-order valence-corrected chi connectivity index (χ4v) is 5.25. The van der Waals surface area contributed by atoms with Crippen LogP contribution in [0.25, 0.3) is 11.3 Å². The zero-order valence-electron chi connectivity index (χ0n) is 16.5. The quantitative estimate of drug-likeness (QED) is 0.530. The number of carbonyl (C=O) groups is 1. The number of nitrogens with one attached hydrogen (secondary N) is 1. The van der Waals surface area contributed by atoms with Crippen molar-refractivity contribution in [2.45, 2.75) is 51.1 Å². The topological polar surface area (TPSA) is 49.0 Å². The first-order valence-electron chi connectivity index (χ1n) is 10.4. The third-order valence-corrected chi connectivity index (χ3v) is 6.75. The monoisotopic (exact) mass is 449 g/mol. The van der Waals surface area contributed by atoms with Gasteiger partial charge >= 0.3 is 0 Å². The number of hydrogen-bond donors (Lipinski definition) is 1. The van der Waals surface area contributed by atoms with Gasteiger partial charge in [0.1, 0.15) is 5.69 Å². The van der Waals surface area contributed by atoms with Crippen molar-refractivity contribution >= 4 is 21.8 Å². The second kappa shape index (κ2) is 7.45. The van der Waals surface area contributed by atoms with E-state index in [0.29, 0.717) is 5.69 Å². The molecule has 0 radical (unpaired) electrons. The van der Waals surface area contributed by atoms with Gasteiger partial charge in [-0.3, -0.25) is 9.89 Å². The molecule has 1 aliphatic carbocycles. The normalized spacial score (nSPS) is 19.6. The molecule has 2 aliphatic rings. The molecule has 1 aromatic heterocycles. The molecule has 1 aliphatic heterocycles. The molecule has 148 valence electrons. The van der Waals surface area contributed by atoms with Gasteiger partial charge in [-0.25, -0.2) is 0 Å². The minimum atomic E-state index is -0.104. The second-order valence-corrected chi connectivity index (χ2v) is 9.10. The van der Waals surface area contributed by atoms with Crippen LogP contribution in [0.1, 0.15) is 65.3 Å². The van der Waals surface area contributed by atoms with Crippen LogP contribution in [0, 0.1) is 6.92 Å². The van der Waals surface area contributed by atoms with E-state index in [0.717, 1.165) is 39.7 Å². The highest BCUT2D eigenvalue weighted by atomic mass is 79.9. The van der Waals surface area contributed by atoms with E-state index >= 15 is 0 Å². The van der Waals surface area contributed by atoms with Crippen molar-refractivity contribution < 1.29 is 4.79 Å². The number of nitrogens with zero attached hydrogens (tertiary/aromatic N) is 2. The van der Waals surface area contributed by atoms with E-state index in [1.165, 1.54) is 24.8 Å². The van der Waals surface area contributed by atoms with E-state index in [1.54, 1.807) is 0 Å². The lowest BCUT2D eigenvalue weighted by atomic mass is 9.91. The summed E-state index contributed by atoms with van der Waals surface area (Å²) in [5.74, 6) is 0.0859. The summed E-state index contributed by atoms with van der Waals surface area (Å²) in [5.41, 5.74) is 5.94. The fraction of sp³-hybridized carbons (Fsp3) is 0.333. The summed E-state index contributed by atoms with van der Waals surface area (Å²) in [6.45, 7) is 2.08. The predicted octanol–water partition coefficient (Wildman–Crippen LogP) is 6.03. The van der Waals surface area contributed by atoms with Gasteiger partial charge in [0, 0.05) is 21.6 Å². The van der Waals surface area contributed by atoms with Crippen LogP contribution >= 0.6 is 15.9 Å². The summed E-state index contributed by atoms with van der Waals surface area (Å²) in [7, 11) is 0. The first-order chi connectivity index (χ1) is 14.1. The Morgan fingerprint density at radius 3 is 2.55 bits per heavy atom. The Morgan fingerprint density at radius 2 is 1.83 bits per heavy atom. The van der Waals surface area contributed by atoms with Gasteiger partial charge in [-0.2, -0.15) is 5.10 Å². The van der Waals surface area contributed by atoms with Crippen molar-refractivity contribution in [1.29, 1.82) is 0 Å². The fourth-order valence-electron chi connectivity index (χ4n) is 4.84. The van der Waals surface area contributed by atoms with Crippen molar-refractivity contribution in [2.75, 3.05) is 0 Å². The minimum Gasteiger partial charge on any atom is -0.323 e. The molecule has 2 heterocycles. The number of carbonyl (C=O) groups excluding carboxylic acids is 1. The summed E-state index contributed by atoms with van der Waals surface area (Å²) >= 11 is 3.62. The molecule has 4 nitrogen and oxygen atoms in total. The number of amides is 1. The van der Waals surface area contributed by atoms with Crippen LogP contribution in [0.3, 0.4) is 0 Å². The van der Waals surface area contributed by atoms with E-state index < -0.39 is 0 Å². The molecule has 1 N–H and O–H groups in total. The molecular weight excluding hydrogens is 426 g/mol. The lowest BCUT2D eigenvalue weighted by Crippen LogP contribution is -2.40. The number of rotatable bonds is 3. The summed E-state index contributed by atoms with van der Waals surface area (Å²) in [6.07, 6.45) is 5.80. The van der Waals surface area contributed by atoms with Gasteiger partial charge in [0.05, 0.1) is 11.7 Å². The van der Waals surface area contributed by atoms with Crippen LogP contribution in [0.4, 0.5) is 0 Å². The molecule has 0 spiro atoms. The predicted molar refractivity (Wildman–Crippen MR) is 118 cm³/mol. The molecule has 3 aromatic rings. The molecule has 2 aromatic carbocycles. The maximum atomic E-state index is 13.5. The third kappa shape index (κ3) is 3.21. The zero-order chi connectivity index (χ0) is 20.0. The van der Waals surface area contributed by atoms with Crippen molar-refractivity contribution in [2.24, 2.45) is 0 Å². The molecular formula is C24H24BrN3O. The molecule has 5 heteroatoms. The van der Waals surface area contributed by atoms with Crippen molar-refractivity contribution in [3.05, 3.63) is 75.4 Å². The molecule has 0 bridgehead atoms. The Hall–Kier alpha value is -2.40. The van der Waals surface area contributed by atoms with Crippen LogP contribution in [-0.4, -0.2) is 27.0 Å². The average molecular weight is 450 g/mol. The van der Waals surface area contributed by atoms with Crippen molar-refractivity contribution in [3.63, 3.8) is 0 Å². The van der Waals surface area contributed by atoms with Gasteiger partial charge in [-0.1, -0.05) is 77.2 Å². The Morgan fingerprint density at radius 1 is 1.07 bits per heavy atom. The van der Waals surface area contributed by atoms with Gasteiger partial charge in [-0.05, 0) is 37.5 Å². The molecule has 1 atom stereocenters. The Kier molecular flexibility index (Phi) is 4.78. The molecule has 5 rings (SSSR count). The highest BCUT2D eigenvalue weighted by Gasteiger charge is 2.45. The Labute approximate surface area is 179 Å². The molecule has 1 saturated carbocycles. The third-order valence-electron chi connectivity index (χ3n) is 6.26. The number of H-pyrrole nitrogens is 1. The number of benzene rings is 2. The lowest BCUT2D eigenvalue weighted by molar-refractivity contribution is 0.0606. The number of fused-ring (bicyclic) bond motifs is 1. The van der Waals surface area contributed by atoms with E-state index in [9.17, 15) is 4.79 Å². The number of aromatic nitrogens is 2. The number of halogens is 1. The van der Waals surface area contributed by atoms with Crippen molar-refractivity contribution in [3.8, 4) is 11.3 Å². The average Bonchev–Trinajstić information content (AvgIpc) is 3.28. The maximum absolute atomic E-state index is 13.5. The summed E-state index contributed by atoms with van der Waals surface area (Å²) < 4.78 is 1.03. The summed E-state index contributed by atoms with van der Waals surface area (Å²) in [5, 5.41) is 7.66. The van der Waals surface area contributed by atoms with Crippen LogP contribution < -0.4 is 0 Å². The van der Waals surface area contributed by atoms with Gasteiger partial charge in [0.2, 0.25) is 0 Å². The lowest BCUT2D eigenvalue weighted by Gasteiger charge is -2.36. The molecule has 1 amide bonds. The van der Waals surface area contributed by atoms with Crippen LogP contribution in [0.15, 0.2) is 53.0 Å². The molecule has 0 saturated heterocycles. The number of aryl methyl sites for hydroxylation is 1. The summed E-state index contributed by atoms with van der Waals surface area (Å²) in [4.78, 5) is 15.6. The van der Waals surface area contributed by atoms with Crippen molar-refractivity contribution in [1.82, 2.24) is 15.1 Å². The summed E-state index contributed by atoms with van der Waals surface area (Å²) in [6, 6.07) is 16.9. The first-order valence-corrected chi connectivity index (χ1v) is 11.2. The van der Waals surface area contributed by atoms with E-state index in [4.69, 9.17) is 0 Å². The second-order valence-electron chi connectivity index (χ2n) is 8.19. The maximum Gasteiger partial charge on any atom is 0.273 e. The largest absolute Gasteiger partial charge is 0.323 e. The van der Waals surface area contributed by atoms with Crippen LogP contribution in [-0.2, 0) is 0 Å². The van der Waals surface area contributed by atoms with Gasteiger partial charge < -0.3 is 4.90 Å². The zero-order valence-corrected chi connectivity index (χ0v) is 18.1. The van der Waals surface area contributed by atoms with Crippen LogP contribution in [0.2, 0.25) is 0 Å². The standard InChI is InChI=1S/C24H24BrN3O/c1-15-10-12-16(13-11-15)21-20-22(27-26-21)24(29)28(19-8-3-2-4-9-19)23(20)17-6-5-7-18(25)14-17/h5-7,10-14,19,23H,2-4,8-9H2,1H3,(H,26,27). The molecule has 1 unspecified atom stereocenters. The highest BCUT2D eigenvalue weighted by Crippen LogP contribution is 2.46. The number of aromatic amines is 1. The van der Waals surface area contributed by atoms with E-state index in [-0.39, 0.29) is 18.0 Å². The van der Waals surface area contributed by atoms with Crippen LogP contribution in [0.5, 0.6) is 0 Å². The Balaban J connectivity index is 1.67.